The third-order valence-corrected chi connectivity index (χ3v) is 7.98. The number of nitrogens with one attached hydrogen (secondary N) is 3. The Balaban J connectivity index is 3.80. The molecule has 0 aromatic heterocycles. The van der Waals surface area contributed by atoms with Crippen LogP contribution >= 0.6 is 0 Å². The first-order valence-electron chi connectivity index (χ1n) is 18.1. The summed E-state index contributed by atoms with van der Waals surface area (Å²) in [5, 5.41) is 34.4. The van der Waals surface area contributed by atoms with Gasteiger partial charge in [0.1, 0.15) is 12.6 Å². The number of Topliss-reactive ketones (excluding diaryl/α,β-unsaturated/α-hetero) is 1. The quantitative estimate of drug-likeness (QED) is 0.0515. The van der Waals surface area contributed by atoms with Gasteiger partial charge in [-0.15, -0.1) is 0 Å². The molecule has 0 aliphatic heterocycles. The molecule has 2 atom stereocenters. The molecule has 0 aromatic carbocycles. The average Bonchev–Trinajstić information content (AvgIpc) is 3.05. The number of carbonyl (C=O) groups excluding carboxylic acids is 4. The van der Waals surface area contributed by atoms with E-state index in [0.29, 0.717) is 6.42 Å². The molecule has 15 nitrogen and oxygen atoms in total. The Morgan fingerprint density at radius 1 is 0.500 bits per heavy atom. The van der Waals surface area contributed by atoms with Crippen molar-refractivity contribution in [3.8, 4) is 0 Å². The van der Waals surface area contributed by atoms with Crippen LogP contribution in [0.1, 0.15) is 135 Å². The van der Waals surface area contributed by atoms with Crippen LogP contribution in [-0.2, 0) is 43.0 Å². The Kier molecular flexibility index (Phi) is 29.1. The van der Waals surface area contributed by atoms with E-state index < -0.39 is 35.9 Å². The number of ketones is 1. The minimum Gasteiger partial charge on any atom is -0.481 e. The molecule has 50 heavy (non-hydrogen) atoms. The number of amides is 3. The van der Waals surface area contributed by atoms with E-state index in [1.807, 2.05) is 0 Å². The number of carboxylic acid groups (broad SMARTS) is 3. The van der Waals surface area contributed by atoms with E-state index in [9.17, 15) is 38.7 Å². The van der Waals surface area contributed by atoms with Gasteiger partial charge < -0.3 is 40.7 Å². The number of aliphatic carboxylic acids is 3. The number of rotatable bonds is 35. The Labute approximate surface area is 296 Å². The summed E-state index contributed by atoms with van der Waals surface area (Å²) in [6.07, 6.45) is 15.1. The van der Waals surface area contributed by atoms with Crippen LogP contribution in [0, 0.1) is 0 Å². The van der Waals surface area contributed by atoms with Gasteiger partial charge in [0.25, 0.3) is 0 Å². The van der Waals surface area contributed by atoms with E-state index >= 15 is 0 Å². The van der Waals surface area contributed by atoms with Crippen LogP contribution < -0.4 is 16.0 Å². The van der Waals surface area contributed by atoms with Gasteiger partial charge >= 0.3 is 17.9 Å². The summed E-state index contributed by atoms with van der Waals surface area (Å²) in [5.41, 5.74) is 0. The summed E-state index contributed by atoms with van der Waals surface area (Å²) in [5.74, 6) is -4.61. The lowest BCUT2D eigenvalue weighted by Crippen LogP contribution is -2.42. The van der Waals surface area contributed by atoms with Gasteiger partial charge in [-0.2, -0.15) is 0 Å². The number of carboxylic acids is 3. The lowest BCUT2D eigenvalue weighted by molar-refractivity contribution is -0.142. The zero-order valence-corrected chi connectivity index (χ0v) is 29.8. The molecule has 15 heteroatoms. The normalized spacial score (nSPS) is 12.1. The lowest BCUT2D eigenvalue weighted by atomic mass is 10.0. The molecule has 288 valence electrons. The minimum atomic E-state index is -1.20. The number of ether oxygens (including phenoxy) is 2. The Hall–Kier alpha value is -3.59. The maximum absolute atomic E-state index is 12.3. The molecule has 0 aromatic rings. The number of hydrogen-bond donors (Lipinski definition) is 6. The van der Waals surface area contributed by atoms with E-state index in [4.69, 9.17) is 19.7 Å². The van der Waals surface area contributed by atoms with Crippen molar-refractivity contribution in [2.45, 2.75) is 147 Å². The van der Waals surface area contributed by atoms with E-state index in [0.717, 1.165) is 44.9 Å². The fraction of sp³-hybridized carbons (Fsp3) is 0.800. The molecule has 0 saturated carbocycles. The van der Waals surface area contributed by atoms with E-state index in [1.165, 1.54) is 45.4 Å². The standard InChI is InChI=1S/C35H61N3O12/c1-27(39)28(19-21-34(45)46)37-32(42)26-50-25-24-49-23-22-36-30(40)20-18-29(35(47)48)38-31(41)16-14-12-10-8-6-4-2-3-5-7-9-11-13-15-17-33(43)44/h28-29H,2-26H2,1H3,(H,36,40)(H,37,42)(H,38,41)(H,43,44)(H,45,46)(H,47,48)/t28-,29-/m0/s1. The molecule has 0 bridgehead atoms. The summed E-state index contributed by atoms with van der Waals surface area (Å²) in [6.45, 7) is 1.46. The second kappa shape index (κ2) is 31.4. The van der Waals surface area contributed by atoms with Crippen LogP contribution in [0.5, 0.6) is 0 Å². The third kappa shape index (κ3) is 30.5. The van der Waals surface area contributed by atoms with Gasteiger partial charge in [-0.05, 0) is 32.6 Å². The first kappa shape index (κ1) is 46.4. The molecule has 0 heterocycles. The van der Waals surface area contributed by atoms with Gasteiger partial charge in [-0.1, -0.05) is 77.0 Å². The second-order valence-corrected chi connectivity index (χ2v) is 12.5. The summed E-state index contributed by atoms with van der Waals surface area (Å²) >= 11 is 0. The van der Waals surface area contributed by atoms with Crippen molar-refractivity contribution in [2.75, 3.05) is 33.0 Å². The van der Waals surface area contributed by atoms with Crippen molar-refractivity contribution in [1.82, 2.24) is 16.0 Å². The van der Waals surface area contributed by atoms with Crippen LogP contribution in [0.3, 0.4) is 0 Å². The Bertz CT molecular complexity index is 1010. The van der Waals surface area contributed by atoms with Crippen molar-refractivity contribution < 1.29 is 58.4 Å². The first-order valence-corrected chi connectivity index (χ1v) is 18.1. The summed E-state index contributed by atoms with van der Waals surface area (Å²) in [6, 6.07) is -2.05. The Morgan fingerprint density at radius 2 is 0.960 bits per heavy atom. The molecule has 0 fully saturated rings. The third-order valence-electron chi connectivity index (χ3n) is 7.98. The molecule has 0 saturated heterocycles. The zero-order chi connectivity index (χ0) is 37.4. The number of unbranched alkanes of at least 4 members (excludes halogenated alkanes) is 13. The van der Waals surface area contributed by atoms with Crippen LogP contribution in [-0.4, -0.2) is 102 Å². The fourth-order valence-corrected chi connectivity index (χ4v) is 5.10. The maximum Gasteiger partial charge on any atom is 0.326 e. The van der Waals surface area contributed by atoms with E-state index in [-0.39, 0.29) is 89.1 Å². The van der Waals surface area contributed by atoms with Gasteiger partial charge in [0.05, 0.1) is 25.9 Å². The van der Waals surface area contributed by atoms with Crippen LogP contribution in [0.2, 0.25) is 0 Å². The molecule has 0 radical (unpaired) electrons. The summed E-state index contributed by atoms with van der Waals surface area (Å²) in [7, 11) is 0. The molecule has 0 aliphatic carbocycles. The maximum atomic E-state index is 12.3. The van der Waals surface area contributed by atoms with Crippen LogP contribution in [0.4, 0.5) is 0 Å². The lowest BCUT2D eigenvalue weighted by Gasteiger charge is -2.15. The predicted octanol–water partition coefficient (Wildman–Crippen LogP) is 3.75. The van der Waals surface area contributed by atoms with Crippen LogP contribution in [0.15, 0.2) is 0 Å². The highest BCUT2D eigenvalue weighted by Crippen LogP contribution is 2.14. The van der Waals surface area contributed by atoms with Crippen molar-refractivity contribution in [2.24, 2.45) is 0 Å². The summed E-state index contributed by atoms with van der Waals surface area (Å²) < 4.78 is 10.5. The van der Waals surface area contributed by atoms with Gasteiger partial charge in [0.2, 0.25) is 17.7 Å². The van der Waals surface area contributed by atoms with Gasteiger partial charge in [0, 0.05) is 32.2 Å². The fourth-order valence-electron chi connectivity index (χ4n) is 5.10. The topological polar surface area (TPSA) is 235 Å². The van der Waals surface area contributed by atoms with Crippen molar-refractivity contribution in [3.05, 3.63) is 0 Å². The monoisotopic (exact) mass is 715 g/mol. The van der Waals surface area contributed by atoms with Gasteiger partial charge in [-0.25, -0.2) is 4.79 Å². The highest BCUT2D eigenvalue weighted by atomic mass is 16.5. The highest BCUT2D eigenvalue weighted by molar-refractivity contribution is 5.88. The largest absolute Gasteiger partial charge is 0.481 e. The van der Waals surface area contributed by atoms with Crippen molar-refractivity contribution in [1.29, 1.82) is 0 Å². The Morgan fingerprint density at radius 3 is 1.46 bits per heavy atom. The van der Waals surface area contributed by atoms with Crippen LogP contribution in [0.25, 0.3) is 0 Å². The van der Waals surface area contributed by atoms with Gasteiger partial charge in [-0.3, -0.25) is 28.8 Å². The van der Waals surface area contributed by atoms with Crippen molar-refractivity contribution in [3.63, 3.8) is 0 Å². The second-order valence-electron chi connectivity index (χ2n) is 12.5. The van der Waals surface area contributed by atoms with Gasteiger partial charge in [0.15, 0.2) is 5.78 Å². The number of hydrogen-bond acceptors (Lipinski definition) is 9. The average molecular weight is 716 g/mol. The SMILES string of the molecule is CC(=O)[C@H](CCC(=O)O)NC(=O)COCCOCCNC(=O)CC[C@H](NC(=O)CCCCCCCCCCCCCCCCC(=O)O)C(=O)O. The molecule has 0 aliphatic rings. The summed E-state index contributed by atoms with van der Waals surface area (Å²) in [4.78, 5) is 80.6. The van der Waals surface area contributed by atoms with Crippen molar-refractivity contribution >= 4 is 41.4 Å². The molecule has 3 amide bonds. The molecule has 0 rings (SSSR count). The molecular formula is C35H61N3O12. The molecule has 0 unspecified atom stereocenters. The first-order chi connectivity index (χ1) is 23.9. The smallest absolute Gasteiger partial charge is 0.326 e. The highest BCUT2D eigenvalue weighted by Gasteiger charge is 2.21. The molecular weight excluding hydrogens is 654 g/mol. The van der Waals surface area contributed by atoms with E-state index in [1.54, 1.807) is 0 Å². The molecule has 0 spiro atoms. The number of carbonyl (C=O) groups is 7. The molecule has 6 N–H and O–H groups in total. The predicted molar refractivity (Wildman–Crippen MR) is 184 cm³/mol. The van der Waals surface area contributed by atoms with E-state index in [2.05, 4.69) is 16.0 Å². The minimum absolute atomic E-state index is 0.0110. The zero-order valence-electron chi connectivity index (χ0n) is 29.8.